The van der Waals surface area contributed by atoms with Gasteiger partial charge in [-0.2, -0.15) is 0 Å². The molecule has 1 aromatic rings. The van der Waals surface area contributed by atoms with Crippen LogP contribution in [0.2, 0.25) is 0 Å². The summed E-state index contributed by atoms with van der Waals surface area (Å²) < 4.78 is 5.19. The van der Waals surface area contributed by atoms with Crippen molar-refractivity contribution in [3.05, 3.63) is 30.3 Å². The van der Waals surface area contributed by atoms with Crippen molar-refractivity contribution in [3.8, 4) is 0 Å². The molecule has 0 atom stereocenters. The molecule has 0 unspecified atom stereocenters. The second kappa shape index (κ2) is 20.0. The highest BCUT2D eigenvalue weighted by molar-refractivity contribution is 8.76. The molecule has 1 aromatic carbocycles. The van der Waals surface area contributed by atoms with Crippen LogP contribution in [0.5, 0.6) is 0 Å². The average Bonchev–Trinajstić information content (AvgIpc) is 2.88. The highest BCUT2D eigenvalue weighted by Gasteiger charge is 2.34. The molecule has 2 N–H and O–H groups in total. The van der Waals surface area contributed by atoms with E-state index in [0.29, 0.717) is 18.9 Å². The maximum absolute atomic E-state index is 11.9. The lowest BCUT2D eigenvalue weighted by Crippen LogP contribution is -2.40. The molecule has 1 aliphatic carbocycles. The van der Waals surface area contributed by atoms with Crippen LogP contribution in [0.25, 0.3) is 0 Å². The van der Waals surface area contributed by atoms with Crippen LogP contribution in [-0.4, -0.2) is 47.6 Å². The Morgan fingerprint density at radius 1 is 1.03 bits per heavy atom. The molecule has 0 saturated heterocycles. The number of hydrogen-bond acceptors (Lipinski definition) is 7. The number of nitrogens with one attached hydrogen (secondary N) is 1. The van der Waals surface area contributed by atoms with Gasteiger partial charge in [-0.05, 0) is 50.2 Å². The number of carbonyl (C=O) groups excluding carboxylic acids is 3. The number of rotatable bonds is 16. The average molecular weight is 568 g/mol. The van der Waals surface area contributed by atoms with Gasteiger partial charge in [-0.1, -0.05) is 85.7 Å². The maximum Gasteiger partial charge on any atom is 0.407 e. The Hall–Kier alpha value is -2.00. The summed E-state index contributed by atoms with van der Waals surface area (Å²) >= 11 is 0. The summed E-state index contributed by atoms with van der Waals surface area (Å²) in [5.41, 5.74) is -0.318. The third-order valence-electron chi connectivity index (χ3n) is 6.50. The number of alkyl carbamates (subject to hydrolysis) is 1. The van der Waals surface area contributed by atoms with Crippen LogP contribution in [0.1, 0.15) is 91.4 Å². The highest BCUT2D eigenvalue weighted by atomic mass is 33.1. The summed E-state index contributed by atoms with van der Waals surface area (Å²) in [7, 11) is 3.29. The first-order valence-electron chi connectivity index (χ1n) is 13.7. The Labute approximate surface area is 236 Å². The first-order valence-corrected chi connectivity index (χ1v) is 16.0. The molecule has 1 saturated carbocycles. The van der Waals surface area contributed by atoms with Crippen LogP contribution in [0.15, 0.2) is 35.2 Å². The standard InChI is InChI=1S/C18H25NO4S2.C11H20O2/c20-16(21)13-18(9-5-2-6-10-18)14-19-17(22)23-11-12-24-25-15-7-3-1-4-8-15;1-4-6-10(7-5-2)11(13)8-9(3)12/h1,3-4,7-8H,2,5-6,9-14H2,(H,19,22)(H,20,21);10H,4-8H2,1-3H3. The van der Waals surface area contributed by atoms with Crippen molar-refractivity contribution in [1.82, 2.24) is 5.32 Å². The van der Waals surface area contributed by atoms with Gasteiger partial charge in [0, 0.05) is 23.1 Å². The van der Waals surface area contributed by atoms with E-state index in [0.717, 1.165) is 57.8 Å². The molecule has 1 aliphatic rings. The number of ketones is 2. The number of aliphatic carboxylic acids is 1. The zero-order valence-electron chi connectivity index (χ0n) is 23.2. The molecule has 9 heteroatoms. The van der Waals surface area contributed by atoms with E-state index in [4.69, 9.17) is 9.84 Å². The van der Waals surface area contributed by atoms with Crippen LogP contribution >= 0.6 is 21.6 Å². The first kappa shape index (κ1) is 34.0. The molecule has 1 fully saturated rings. The molecule has 214 valence electrons. The molecular weight excluding hydrogens is 522 g/mol. The minimum Gasteiger partial charge on any atom is -0.481 e. The lowest BCUT2D eigenvalue weighted by molar-refractivity contribution is -0.140. The van der Waals surface area contributed by atoms with E-state index in [-0.39, 0.29) is 35.7 Å². The van der Waals surface area contributed by atoms with Crippen molar-refractivity contribution >= 4 is 45.2 Å². The number of Topliss-reactive ketones (excluding diaryl/α,β-unsaturated/α-hetero) is 2. The van der Waals surface area contributed by atoms with E-state index in [9.17, 15) is 19.2 Å². The Kier molecular flexibility index (Phi) is 17.9. The number of amides is 1. The fourth-order valence-electron chi connectivity index (χ4n) is 4.66. The Bertz CT molecular complexity index is 837. The van der Waals surface area contributed by atoms with Gasteiger partial charge in [0.2, 0.25) is 0 Å². The number of carboxylic acids is 1. The molecule has 0 bridgehead atoms. The normalized spacial score (nSPS) is 14.2. The molecule has 0 spiro atoms. The highest BCUT2D eigenvalue weighted by Crippen LogP contribution is 2.38. The number of hydrogen-bond donors (Lipinski definition) is 2. The smallest absolute Gasteiger partial charge is 0.407 e. The minimum absolute atomic E-state index is 0.0118. The summed E-state index contributed by atoms with van der Waals surface area (Å²) in [5.74, 6) is 0.150. The zero-order valence-corrected chi connectivity index (χ0v) is 24.8. The van der Waals surface area contributed by atoms with Gasteiger partial charge in [0.15, 0.2) is 0 Å². The molecule has 0 heterocycles. The molecule has 0 aliphatic heterocycles. The SMILES string of the molecule is CCCC(CCC)C(=O)CC(C)=O.O=C(O)CC1(CNC(=O)OCCSSc2ccccc2)CCCCC1. The van der Waals surface area contributed by atoms with Gasteiger partial charge in [0.05, 0.1) is 12.8 Å². The van der Waals surface area contributed by atoms with E-state index in [2.05, 4.69) is 19.2 Å². The predicted molar refractivity (Wildman–Crippen MR) is 155 cm³/mol. The van der Waals surface area contributed by atoms with Crippen molar-refractivity contribution in [1.29, 1.82) is 0 Å². The number of ether oxygens (including phenoxy) is 1. The van der Waals surface area contributed by atoms with Crippen molar-refractivity contribution in [2.45, 2.75) is 96.3 Å². The van der Waals surface area contributed by atoms with Gasteiger partial charge in [-0.3, -0.25) is 14.4 Å². The van der Waals surface area contributed by atoms with E-state index in [1.54, 1.807) is 21.6 Å². The number of carboxylic acid groups (broad SMARTS) is 1. The number of carbonyl (C=O) groups is 4. The predicted octanol–water partition coefficient (Wildman–Crippen LogP) is 7.33. The van der Waals surface area contributed by atoms with Crippen LogP contribution < -0.4 is 5.32 Å². The largest absolute Gasteiger partial charge is 0.481 e. The molecular formula is C29H45NO6S2. The van der Waals surface area contributed by atoms with E-state index >= 15 is 0 Å². The van der Waals surface area contributed by atoms with Crippen LogP contribution in [-0.2, 0) is 19.1 Å². The molecule has 0 aromatic heterocycles. The molecule has 7 nitrogen and oxygen atoms in total. The van der Waals surface area contributed by atoms with Gasteiger partial charge in [-0.15, -0.1) is 0 Å². The third-order valence-corrected chi connectivity index (χ3v) is 8.85. The molecule has 0 radical (unpaired) electrons. The van der Waals surface area contributed by atoms with Gasteiger partial charge in [-0.25, -0.2) is 4.79 Å². The van der Waals surface area contributed by atoms with Crippen LogP contribution in [0, 0.1) is 11.3 Å². The molecule has 2 rings (SSSR count). The fraction of sp³-hybridized carbons (Fsp3) is 0.655. The third kappa shape index (κ3) is 15.4. The summed E-state index contributed by atoms with van der Waals surface area (Å²) in [5, 5.41) is 11.9. The summed E-state index contributed by atoms with van der Waals surface area (Å²) in [6.07, 6.45) is 8.58. The summed E-state index contributed by atoms with van der Waals surface area (Å²) in [6, 6.07) is 10.0. The minimum atomic E-state index is -0.800. The van der Waals surface area contributed by atoms with Gasteiger partial charge in [0.25, 0.3) is 0 Å². The van der Waals surface area contributed by atoms with E-state index in [1.165, 1.54) is 11.8 Å². The first-order chi connectivity index (χ1) is 18.2. The lowest BCUT2D eigenvalue weighted by atomic mass is 9.72. The van der Waals surface area contributed by atoms with Crippen molar-refractivity contribution < 1.29 is 29.0 Å². The van der Waals surface area contributed by atoms with Gasteiger partial charge >= 0.3 is 12.1 Å². The second-order valence-electron chi connectivity index (χ2n) is 9.96. The Balaban J connectivity index is 0.000000471. The fourth-order valence-corrected chi connectivity index (χ4v) is 6.49. The molecule has 38 heavy (non-hydrogen) atoms. The zero-order chi connectivity index (χ0) is 28.2. The van der Waals surface area contributed by atoms with Crippen LogP contribution in [0.3, 0.4) is 0 Å². The van der Waals surface area contributed by atoms with Crippen molar-refractivity contribution in [3.63, 3.8) is 0 Å². The molecule has 1 amide bonds. The number of benzene rings is 1. The quantitative estimate of drug-likeness (QED) is 0.121. The van der Waals surface area contributed by atoms with Crippen LogP contribution in [0.4, 0.5) is 4.79 Å². The Morgan fingerprint density at radius 2 is 1.66 bits per heavy atom. The van der Waals surface area contributed by atoms with E-state index < -0.39 is 12.1 Å². The monoisotopic (exact) mass is 567 g/mol. The van der Waals surface area contributed by atoms with Crippen molar-refractivity contribution in [2.75, 3.05) is 18.9 Å². The van der Waals surface area contributed by atoms with Gasteiger partial charge in [0.1, 0.15) is 18.2 Å². The Morgan fingerprint density at radius 3 is 2.21 bits per heavy atom. The lowest BCUT2D eigenvalue weighted by Gasteiger charge is -2.36. The summed E-state index contributed by atoms with van der Waals surface area (Å²) in [6.45, 7) is 6.34. The van der Waals surface area contributed by atoms with Gasteiger partial charge < -0.3 is 15.2 Å². The summed E-state index contributed by atoms with van der Waals surface area (Å²) in [4.78, 5) is 46.4. The van der Waals surface area contributed by atoms with E-state index in [1.807, 2.05) is 30.3 Å². The van der Waals surface area contributed by atoms with Crippen molar-refractivity contribution in [2.24, 2.45) is 11.3 Å². The second-order valence-corrected chi connectivity index (χ2v) is 12.4. The maximum atomic E-state index is 11.9. The topological polar surface area (TPSA) is 110 Å².